The number of nitrogens with zero attached hydrogens (tertiary/aromatic N) is 1. The summed E-state index contributed by atoms with van der Waals surface area (Å²) < 4.78 is 27.6. The number of rotatable bonds is 5. The molecule has 0 fully saturated rings. The first-order valence-electron chi connectivity index (χ1n) is 5.02. The monoisotopic (exact) mass is 235 g/mol. The molecule has 15 heavy (non-hydrogen) atoms. The Morgan fingerprint density at radius 3 is 1.80 bits per heavy atom. The fourth-order valence-corrected chi connectivity index (χ4v) is 1.35. The zero-order chi connectivity index (χ0) is 12.3. The fraction of sp³-hybridized carbons (Fsp3) is 0.800. The molecular weight excluding hydrogens is 214 g/mol. The molecule has 0 aliphatic heterocycles. The Labute approximate surface area is 93.4 Å². The number of hydrogen-bond acceptors (Lipinski definition) is 3. The lowest BCUT2D eigenvalue weighted by molar-refractivity contribution is 0.342. The van der Waals surface area contributed by atoms with E-state index in [4.69, 9.17) is 11.0 Å². The van der Waals surface area contributed by atoms with Crippen LogP contribution in [0.5, 0.6) is 0 Å². The smallest absolute Gasteiger partial charge is 0.264 e. The van der Waals surface area contributed by atoms with Crippen molar-refractivity contribution in [3.05, 3.63) is 0 Å². The van der Waals surface area contributed by atoms with E-state index in [2.05, 4.69) is 24.7 Å². The van der Waals surface area contributed by atoms with Crippen LogP contribution in [0.4, 0.5) is 0 Å². The Kier molecular flexibility index (Phi) is 11.2. The van der Waals surface area contributed by atoms with Gasteiger partial charge in [0.05, 0.1) is 12.3 Å². The van der Waals surface area contributed by atoms with Crippen molar-refractivity contribution in [2.75, 3.05) is 25.4 Å². The predicted molar refractivity (Wildman–Crippen MR) is 63.3 cm³/mol. The minimum absolute atomic E-state index is 0.132. The molecule has 0 rings (SSSR count). The topological polar surface area (TPSA) is 57.6 Å². The summed E-state index contributed by atoms with van der Waals surface area (Å²) in [6.45, 7) is 8.81. The molecule has 0 aliphatic carbocycles. The van der Waals surface area contributed by atoms with Crippen molar-refractivity contribution in [1.82, 2.24) is 4.90 Å². The van der Waals surface area contributed by atoms with Crippen LogP contribution in [0.3, 0.4) is 0 Å². The van der Waals surface area contributed by atoms with Gasteiger partial charge in [0.25, 0.3) is 10.1 Å². The molecule has 0 saturated carbocycles. The zero-order valence-corrected chi connectivity index (χ0v) is 10.5. The molecule has 0 radical (unpaired) electrons. The molecule has 0 aromatic rings. The van der Waals surface area contributed by atoms with Crippen molar-refractivity contribution in [3.8, 4) is 12.3 Å². The van der Waals surface area contributed by atoms with Crippen LogP contribution >= 0.6 is 0 Å². The van der Waals surface area contributed by atoms with E-state index in [1.807, 2.05) is 0 Å². The molecule has 0 aromatic heterocycles. The summed E-state index contributed by atoms with van der Waals surface area (Å²) in [4.78, 5) is 2.19. The van der Waals surface area contributed by atoms with E-state index in [9.17, 15) is 8.42 Å². The van der Waals surface area contributed by atoms with Gasteiger partial charge >= 0.3 is 0 Å². The molecule has 0 unspecified atom stereocenters. The lowest BCUT2D eigenvalue weighted by atomic mass is 10.5. The molecule has 0 atom stereocenters. The summed E-state index contributed by atoms with van der Waals surface area (Å²) in [5.41, 5.74) is 0. The first-order valence-corrected chi connectivity index (χ1v) is 6.63. The molecule has 4 nitrogen and oxygen atoms in total. The van der Waals surface area contributed by atoms with E-state index >= 15 is 0 Å². The van der Waals surface area contributed by atoms with Crippen molar-refractivity contribution in [1.29, 1.82) is 0 Å². The van der Waals surface area contributed by atoms with Crippen LogP contribution in [0.1, 0.15) is 27.2 Å². The van der Waals surface area contributed by atoms with Crippen molar-refractivity contribution in [3.63, 3.8) is 0 Å². The highest BCUT2D eigenvalue weighted by molar-refractivity contribution is 7.85. The van der Waals surface area contributed by atoms with E-state index in [1.54, 1.807) is 6.92 Å². The minimum Gasteiger partial charge on any atom is -0.293 e. The summed E-state index contributed by atoms with van der Waals surface area (Å²) >= 11 is 0. The van der Waals surface area contributed by atoms with E-state index < -0.39 is 10.1 Å². The predicted octanol–water partition coefficient (Wildman–Crippen LogP) is 1.25. The second kappa shape index (κ2) is 9.97. The third kappa shape index (κ3) is 16.1. The Morgan fingerprint density at radius 1 is 1.27 bits per heavy atom. The summed E-state index contributed by atoms with van der Waals surface area (Å²) in [5.74, 6) is 2.46. The molecule has 0 bridgehead atoms. The van der Waals surface area contributed by atoms with Gasteiger partial charge < -0.3 is 0 Å². The summed E-state index contributed by atoms with van der Waals surface area (Å²) in [6, 6.07) is 0. The van der Waals surface area contributed by atoms with Crippen LogP contribution in [0.2, 0.25) is 0 Å². The van der Waals surface area contributed by atoms with Gasteiger partial charge in [0, 0.05) is 0 Å². The quantitative estimate of drug-likeness (QED) is 0.575. The maximum Gasteiger partial charge on any atom is 0.264 e. The van der Waals surface area contributed by atoms with Crippen LogP contribution < -0.4 is 0 Å². The maximum atomic E-state index is 9.79. The average Bonchev–Trinajstić information content (AvgIpc) is 2.13. The normalized spacial score (nSPS) is 10.4. The molecule has 0 spiro atoms. The molecule has 5 heteroatoms. The second-order valence-electron chi connectivity index (χ2n) is 2.95. The lowest BCUT2D eigenvalue weighted by Crippen LogP contribution is -2.22. The second-order valence-corrected chi connectivity index (χ2v) is 4.52. The Morgan fingerprint density at radius 2 is 1.73 bits per heavy atom. The van der Waals surface area contributed by atoms with Gasteiger partial charge in [0.1, 0.15) is 0 Å². The van der Waals surface area contributed by atoms with Crippen LogP contribution in [0, 0.1) is 12.3 Å². The Hall–Kier alpha value is -0.570. The van der Waals surface area contributed by atoms with Crippen molar-refractivity contribution >= 4 is 10.1 Å². The first kappa shape index (κ1) is 16.8. The molecular formula is C10H21NO3S. The number of hydrogen-bond donors (Lipinski definition) is 1. The molecule has 90 valence electrons. The largest absolute Gasteiger partial charge is 0.293 e. The van der Waals surface area contributed by atoms with Gasteiger partial charge in [-0.3, -0.25) is 9.45 Å². The van der Waals surface area contributed by atoms with Gasteiger partial charge in [-0.15, -0.1) is 6.42 Å². The van der Waals surface area contributed by atoms with Gasteiger partial charge in [-0.05, 0) is 19.5 Å². The first-order chi connectivity index (χ1) is 6.91. The maximum absolute atomic E-state index is 9.79. The average molecular weight is 235 g/mol. The standard InChI is InChI=1S/C7H13N.C3H8O3S/c1-4-7-8(5-2)6-3;1-2-3-7(4,5)6/h1H,5-7H2,2-3H3;2-3H2,1H3,(H,4,5,6). The van der Waals surface area contributed by atoms with Crippen LogP contribution in [-0.2, 0) is 10.1 Å². The van der Waals surface area contributed by atoms with E-state index in [0.717, 1.165) is 19.6 Å². The van der Waals surface area contributed by atoms with E-state index in [1.165, 1.54) is 0 Å². The summed E-state index contributed by atoms with van der Waals surface area (Å²) in [6.07, 6.45) is 5.56. The molecule has 0 aliphatic rings. The zero-order valence-electron chi connectivity index (χ0n) is 9.73. The molecule has 1 N–H and O–H groups in total. The highest BCUT2D eigenvalue weighted by atomic mass is 32.2. The third-order valence-electron chi connectivity index (χ3n) is 1.67. The van der Waals surface area contributed by atoms with Gasteiger partial charge in [-0.2, -0.15) is 8.42 Å². The minimum atomic E-state index is -3.67. The molecule has 0 amide bonds. The molecule has 0 aromatic carbocycles. The fourth-order valence-electron chi connectivity index (χ4n) is 0.834. The lowest BCUT2D eigenvalue weighted by Gasteiger charge is -2.12. The summed E-state index contributed by atoms with van der Waals surface area (Å²) in [5, 5.41) is 0. The highest BCUT2D eigenvalue weighted by Crippen LogP contribution is 1.83. The summed E-state index contributed by atoms with van der Waals surface area (Å²) in [7, 11) is -3.67. The van der Waals surface area contributed by atoms with Crippen molar-refractivity contribution in [2.45, 2.75) is 27.2 Å². The Balaban J connectivity index is 0. The van der Waals surface area contributed by atoms with Crippen LogP contribution in [-0.4, -0.2) is 43.3 Å². The molecule has 0 saturated heterocycles. The third-order valence-corrected chi connectivity index (χ3v) is 2.60. The van der Waals surface area contributed by atoms with E-state index in [-0.39, 0.29) is 5.75 Å². The van der Waals surface area contributed by atoms with Gasteiger partial charge in [0.15, 0.2) is 0 Å². The Bertz CT molecular complexity index is 263. The van der Waals surface area contributed by atoms with Gasteiger partial charge in [-0.1, -0.05) is 26.7 Å². The van der Waals surface area contributed by atoms with E-state index in [0.29, 0.717) is 6.42 Å². The van der Waals surface area contributed by atoms with Crippen molar-refractivity contribution in [2.24, 2.45) is 0 Å². The highest BCUT2D eigenvalue weighted by Gasteiger charge is 1.98. The van der Waals surface area contributed by atoms with Crippen LogP contribution in [0.15, 0.2) is 0 Å². The van der Waals surface area contributed by atoms with Crippen LogP contribution in [0.25, 0.3) is 0 Å². The van der Waals surface area contributed by atoms with Crippen molar-refractivity contribution < 1.29 is 13.0 Å². The SMILES string of the molecule is C#CCN(CC)CC.CCCS(=O)(=O)O. The number of terminal acetylenes is 1. The van der Waals surface area contributed by atoms with Gasteiger partial charge in [0.2, 0.25) is 0 Å². The van der Waals surface area contributed by atoms with Gasteiger partial charge in [-0.25, -0.2) is 0 Å². The molecule has 0 heterocycles.